The largest absolute Gasteiger partial charge is 0.481 e. The van der Waals surface area contributed by atoms with Crippen molar-refractivity contribution >= 4 is 5.97 Å². The highest BCUT2D eigenvalue weighted by molar-refractivity contribution is 5.73. The zero-order valence-corrected chi connectivity index (χ0v) is 11.1. The van der Waals surface area contributed by atoms with Crippen LogP contribution in [0.2, 0.25) is 0 Å². The van der Waals surface area contributed by atoms with Gasteiger partial charge in [-0.25, -0.2) is 4.68 Å². The maximum atomic E-state index is 10.9. The van der Waals surface area contributed by atoms with E-state index in [1.807, 2.05) is 30.3 Å². The first-order valence-electron chi connectivity index (χ1n) is 6.27. The van der Waals surface area contributed by atoms with Crippen molar-refractivity contribution in [1.29, 1.82) is 0 Å². The third-order valence-corrected chi connectivity index (χ3v) is 2.71. The zero-order chi connectivity index (χ0) is 13.8. The van der Waals surface area contributed by atoms with E-state index in [0.717, 1.165) is 17.8 Å². The predicted octanol–water partition coefficient (Wildman–Crippen LogP) is 2.23. The molecule has 19 heavy (non-hydrogen) atoms. The molecule has 5 heteroatoms. The van der Waals surface area contributed by atoms with Crippen molar-refractivity contribution in [3.63, 3.8) is 0 Å². The number of nitrogens with zero attached hydrogens (tertiary/aromatic N) is 3. The van der Waals surface area contributed by atoms with E-state index < -0.39 is 5.97 Å². The number of hydrogen-bond acceptors (Lipinski definition) is 3. The lowest BCUT2D eigenvalue weighted by molar-refractivity contribution is -0.136. The fraction of sp³-hybridized carbons (Fsp3) is 0.357. The standard InChI is InChI=1S/C14H17N3O2/c1-10(2)9-17-14(11-6-4-3-5-7-11)12(15-16-17)8-13(18)19/h3-7,10H,8-9H2,1-2H3,(H,18,19). The Morgan fingerprint density at radius 1 is 1.32 bits per heavy atom. The van der Waals surface area contributed by atoms with E-state index in [0.29, 0.717) is 11.6 Å². The Kier molecular flexibility index (Phi) is 3.94. The lowest BCUT2D eigenvalue weighted by atomic mass is 10.1. The van der Waals surface area contributed by atoms with E-state index in [4.69, 9.17) is 5.11 Å². The van der Waals surface area contributed by atoms with E-state index in [-0.39, 0.29) is 6.42 Å². The minimum Gasteiger partial charge on any atom is -0.481 e. The van der Waals surface area contributed by atoms with Gasteiger partial charge in [-0.1, -0.05) is 49.4 Å². The highest BCUT2D eigenvalue weighted by atomic mass is 16.4. The number of aromatic nitrogens is 3. The summed E-state index contributed by atoms with van der Waals surface area (Å²) in [4.78, 5) is 10.9. The molecule has 1 N–H and O–H groups in total. The van der Waals surface area contributed by atoms with Gasteiger partial charge < -0.3 is 5.11 Å². The summed E-state index contributed by atoms with van der Waals surface area (Å²) in [5.74, 6) is -0.476. The molecule has 0 aliphatic rings. The van der Waals surface area contributed by atoms with Crippen molar-refractivity contribution in [2.24, 2.45) is 5.92 Å². The van der Waals surface area contributed by atoms with Crippen LogP contribution in [-0.2, 0) is 17.8 Å². The van der Waals surface area contributed by atoms with Crippen molar-refractivity contribution < 1.29 is 9.90 Å². The number of carboxylic acids is 1. The number of aliphatic carboxylic acids is 1. The summed E-state index contributed by atoms with van der Waals surface area (Å²) >= 11 is 0. The Morgan fingerprint density at radius 2 is 2.00 bits per heavy atom. The van der Waals surface area contributed by atoms with Gasteiger partial charge in [0.1, 0.15) is 5.69 Å². The highest BCUT2D eigenvalue weighted by Gasteiger charge is 2.17. The summed E-state index contributed by atoms with van der Waals surface area (Å²) in [7, 11) is 0. The molecular formula is C14H17N3O2. The number of benzene rings is 1. The van der Waals surface area contributed by atoms with E-state index in [1.54, 1.807) is 4.68 Å². The van der Waals surface area contributed by atoms with Gasteiger partial charge in [0.25, 0.3) is 0 Å². The molecule has 0 unspecified atom stereocenters. The summed E-state index contributed by atoms with van der Waals surface area (Å²) in [6, 6.07) is 9.66. The van der Waals surface area contributed by atoms with E-state index in [2.05, 4.69) is 24.2 Å². The molecule has 2 rings (SSSR count). The number of carboxylic acid groups (broad SMARTS) is 1. The van der Waals surface area contributed by atoms with Gasteiger partial charge in [-0.2, -0.15) is 0 Å². The Labute approximate surface area is 111 Å². The fourth-order valence-electron chi connectivity index (χ4n) is 2.00. The summed E-state index contributed by atoms with van der Waals surface area (Å²) in [6.45, 7) is 4.90. The molecule has 0 amide bonds. The molecule has 0 saturated carbocycles. The monoisotopic (exact) mass is 259 g/mol. The van der Waals surface area contributed by atoms with Gasteiger partial charge in [0.05, 0.1) is 12.1 Å². The summed E-state index contributed by atoms with van der Waals surface area (Å²) in [5.41, 5.74) is 2.26. The van der Waals surface area contributed by atoms with Gasteiger partial charge in [-0.15, -0.1) is 5.10 Å². The average Bonchev–Trinajstić information content (AvgIpc) is 2.71. The maximum absolute atomic E-state index is 10.9. The molecule has 0 atom stereocenters. The van der Waals surface area contributed by atoms with Gasteiger partial charge in [0.2, 0.25) is 0 Å². The molecule has 2 aromatic rings. The molecule has 5 nitrogen and oxygen atoms in total. The van der Waals surface area contributed by atoms with E-state index in [9.17, 15) is 4.79 Å². The number of hydrogen-bond donors (Lipinski definition) is 1. The highest BCUT2D eigenvalue weighted by Crippen LogP contribution is 2.23. The van der Waals surface area contributed by atoms with E-state index in [1.165, 1.54) is 0 Å². The van der Waals surface area contributed by atoms with Crippen molar-refractivity contribution in [3.05, 3.63) is 36.0 Å². The molecule has 0 bridgehead atoms. The maximum Gasteiger partial charge on any atom is 0.309 e. The molecule has 0 spiro atoms. The lowest BCUT2D eigenvalue weighted by Gasteiger charge is -2.09. The third kappa shape index (κ3) is 3.19. The minimum absolute atomic E-state index is 0.109. The Morgan fingerprint density at radius 3 is 2.58 bits per heavy atom. The smallest absolute Gasteiger partial charge is 0.309 e. The van der Waals surface area contributed by atoms with Gasteiger partial charge in [0.15, 0.2) is 0 Å². The van der Waals surface area contributed by atoms with Crippen LogP contribution >= 0.6 is 0 Å². The second-order valence-electron chi connectivity index (χ2n) is 4.90. The number of carbonyl (C=O) groups is 1. The van der Waals surface area contributed by atoms with Crippen molar-refractivity contribution in [2.45, 2.75) is 26.8 Å². The molecule has 1 aromatic carbocycles. The second kappa shape index (κ2) is 5.65. The SMILES string of the molecule is CC(C)Cn1nnc(CC(=O)O)c1-c1ccccc1. The second-order valence-corrected chi connectivity index (χ2v) is 4.90. The van der Waals surface area contributed by atoms with Crippen molar-refractivity contribution in [2.75, 3.05) is 0 Å². The Bertz CT molecular complexity index is 561. The van der Waals surface area contributed by atoms with Crippen molar-refractivity contribution in [3.8, 4) is 11.3 Å². The molecule has 0 aliphatic heterocycles. The Hall–Kier alpha value is -2.17. The quantitative estimate of drug-likeness (QED) is 0.894. The van der Waals surface area contributed by atoms with Crippen LogP contribution in [0.25, 0.3) is 11.3 Å². The molecule has 0 saturated heterocycles. The molecule has 1 aromatic heterocycles. The molecule has 1 heterocycles. The molecular weight excluding hydrogens is 242 g/mol. The average molecular weight is 259 g/mol. The van der Waals surface area contributed by atoms with Crippen LogP contribution in [0.15, 0.2) is 30.3 Å². The van der Waals surface area contributed by atoms with Gasteiger partial charge in [-0.05, 0) is 5.92 Å². The fourth-order valence-corrected chi connectivity index (χ4v) is 2.00. The number of rotatable bonds is 5. The topological polar surface area (TPSA) is 68.0 Å². The van der Waals surface area contributed by atoms with Gasteiger partial charge in [-0.3, -0.25) is 4.79 Å². The van der Waals surface area contributed by atoms with Gasteiger partial charge in [0, 0.05) is 12.1 Å². The summed E-state index contributed by atoms with van der Waals surface area (Å²) < 4.78 is 1.79. The zero-order valence-electron chi connectivity index (χ0n) is 11.1. The van der Waals surface area contributed by atoms with Crippen LogP contribution in [-0.4, -0.2) is 26.1 Å². The van der Waals surface area contributed by atoms with Crippen LogP contribution in [0.3, 0.4) is 0 Å². The van der Waals surface area contributed by atoms with E-state index >= 15 is 0 Å². The summed E-state index contributed by atoms with van der Waals surface area (Å²) in [5, 5.41) is 17.1. The molecule has 0 radical (unpaired) electrons. The molecule has 100 valence electrons. The molecule has 0 fully saturated rings. The first-order valence-corrected chi connectivity index (χ1v) is 6.27. The van der Waals surface area contributed by atoms with Gasteiger partial charge >= 0.3 is 5.97 Å². The van der Waals surface area contributed by atoms with Crippen molar-refractivity contribution in [1.82, 2.24) is 15.0 Å². The first-order chi connectivity index (χ1) is 9.08. The lowest BCUT2D eigenvalue weighted by Crippen LogP contribution is -2.09. The predicted molar refractivity (Wildman–Crippen MR) is 71.6 cm³/mol. The van der Waals surface area contributed by atoms with Crippen LogP contribution in [0, 0.1) is 5.92 Å². The minimum atomic E-state index is -0.895. The normalized spacial score (nSPS) is 10.9. The van der Waals surface area contributed by atoms with Crippen LogP contribution in [0.5, 0.6) is 0 Å². The van der Waals surface area contributed by atoms with Crippen LogP contribution in [0.1, 0.15) is 19.5 Å². The Balaban J connectivity index is 2.46. The first kappa shape index (κ1) is 13.3. The summed E-state index contributed by atoms with van der Waals surface area (Å²) in [6.07, 6.45) is -0.109. The third-order valence-electron chi connectivity index (χ3n) is 2.71. The van der Waals surface area contributed by atoms with Crippen LogP contribution < -0.4 is 0 Å². The van der Waals surface area contributed by atoms with Crippen LogP contribution in [0.4, 0.5) is 0 Å². The molecule has 0 aliphatic carbocycles.